The van der Waals surface area contributed by atoms with Gasteiger partial charge in [-0.15, -0.1) is 0 Å². The van der Waals surface area contributed by atoms with Gasteiger partial charge in [-0.05, 0) is 66.6 Å². The third-order valence-corrected chi connectivity index (χ3v) is 5.15. The van der Waals surface area contributed by atoms with E-state index in [9.17, 15) is 19.7 Å². The van der Waals surface area contributed by atoms with Crippen LogP contribution in [-0.2, 0) is 4.79 Å². The number of para-hydroxylation sites is 1. The Morgan fingerprint density at radius 2 is 1.78 bits per heavy atom. The maximum absolute atomic E-state index is 12.8. The summed E-state index contributed by atoms with van der Waals surface area (Å²) in [5.41, 5.74) is 1.48. The van der Waals surface area contributed by atoms with Crippen LogP contribution in [0.25, 0.3) is 17.0 Å². The summed E-state index contributed by atoms with van der Waals surface area (Å²) >= 11 is 0. The van der Waals surface area contributed by atoms with Crippen molar-refractivity contribution in [3.05, 3.63) is 110 Å². The molecule has 1 aromatic heterocycles. The Morgan fingerprint density at radius 1 is 1.06 bits per heavy atom. The SMILES string of the molecule is COc1cc(C=Nn2c(C)nc3ccccc3c2=O)ccc1OC(=O)/C=C/c1ccc([N+](=O)[O-])cc1. The van der Waals surface area contributed by atoms with E-state index in [0.717, 1.165) is 0 Å². The number of carbonyl (C=O) groups is 1. The van der Waals surface area contributed by atoms with Crippen LogP contribution in [0.4, 0.5) is 5.69 Å². The first-order valence-corrected chi connectivity index (χ1v) is 10.7. The van der Waals surface area contributed by atoms with E-state index in [-0.39, 0.29) is 22.7 Å². The standard InChI is InChI=1S/C26H20N4O6/c1-17-28-22-6-4-3-5-21(22)26(32)29(17)27-16-19-9-13-23(24(15-19)35-2)36-25(31)14-10-18-7-11-20(12-8-18)30(33)34/h3-16H,1-2H3/b14-10+,27-16?. The minimum atomic E-state index is -0.655. The van der Waals surface area contributed by atoms with Crippen molar-refractivity contribution in [2.24, 2.45) is 5.10 Å². The van der Waals surface area contributed by atoms with E-state index >= 15 is 0 Å². The quantitative estimate of drug-likeness (QED) is 0.0964. The molecule has 0 fully saturated rings. The molecule has 3 aromatic carbocycles. The first-order valence-electron chi connectivity index (χ1n) is 10.7. The van der Waals surface area contributed by atoms with Crippen molar-refractivity contribution < 1.29 is 19.2 Å². The van der Waals surface area contributed by atoms with Crippen LogP contribution in [0.1, 0.15) is 17.0 Å². The molecular weight excluding hydrogens is 464 g/mol. The van der Waals surface area contributed by atoms with Crippen LogP contribution in [0.3, 0.4) is 0 Å². The van der Waals surface area contributed by atoms with Crippen LogP contribution in [0.5, 0.6) is 11.5 Å². The molecule has 0 radical (unpaired) electrons. The number of benzene rings is 3. The van der Waals surface area contributed by atoms with Crippen molar-refractivity contribution in [2.45, 2.75) is 6.92 Å². The Kier molecular flexibility index (Phi) is 6.96. The molecule has 10 heteroatoms. The van der Waals surface area contributed by atoms with Crippen molar-refractivity contribution in [3.63, 3.8) is 0 Å². The topological polar surface area (TPSA) is 126 Å². The van der Waals surface area contributed by atoms with E-state index in [4.69, 9.17) is 9.47 Å². The maximum Gasteiger partial charge on any atom is 0.336 e. The fourth-order valence-corrected chi connectivity index (χ4v) is 3.36. The summed E-state index contributed by atoms with van der Waals surface area (Å²) in [6, 6.07) is 17.6. The number of nitro groups is 1. The summed E-state index contributed by atoms with van der Waals surface area (Å²) in [4.78, 5) is 39.7. The fourth-order valence-electron chi connectivity index (χ4n) is 3.36. The van der Waals surface area contributed by atoms with Gasteiger partial charge in [0.25, 0.3) is 11.2 Å². The van der Waals surface area contributed by atoms with Crippen molar-refractivity contribution in [2.75, 3.05) is 7.11 Å². The summed E-state index contributed by atoms with van der Waals surface area (Å²) in [5.74, 6) is 0.259. The summed E-state index contributed by atoms with van der Waals surface area (Å²) in [6.45, 7) is 1.69. The van der Waals surface area contributed by atoms with Crippen LogP contribution >= 0.6 is 0 Å². The molecule has 0 bridgehead atoms. The largest absolute Gasteiger partial charge is 0.493 e. The van der Waals surface area contributed by atoms with Crippen LogP contribution in [-0.4, -0.2) is 33.9 Å². The number of nitro benzene ring substituents is 1. The van der Waals surface area contributed by atoms with Crippen LogP contribution < -0.4 is 15.0 Å². The Labute approximate surface area is 204 Å². The van der Waals surface area contributed by atoms with Crippen molar-refractivity contribution in [1.29, 1.82) is 0 Å². The molecule has 0 aliphatic carbocycles. The second kappa shape index (κ2) is 10.4. The highest BCUT2D eigenvalue weighted by Gasteiger charge is 2.10. The molecule has 0 unspecified atom stereocenters. The predicted molar refractivity (Wildman–Crippen MR) is 134 cm³/mol. The third-order valence-electron chi connectivity index (χ3n) is 5.15. The zero-order valence-corrected chi connectivity index (χ0v) is 19.3. The van der Waals surface area contributed by atoms with Gasteiger partial charge >= 0.3 is 5.97 Å². The summed E-state index contributed by atoms with van der Waals surface area (Å²) in [7, 11) is 1.43. The summed E-state index contributed by atoms with van der Waals surface area (Å²) in [6.07, 6.45) is 4.17. The number of aryl methyl sites for hydroxylation is 1. The molecular formula is C26H20N4O6. The van der Waals surface area contributed by atoms with Crippen molar-refractivity contribution >= 4 is 34.9 Å². The van der Waals surface area contributed by atoms with Crippen molar-refractivity contribution in [1.82, 2.24) is 9.66 Å². The number of methoxy groups -OCH3 is 1. The molecule has 0 aliphatic heterocycles. The Bertz CT molecular complexity index is 1570. The number of ether oxygens (including phenoxy) is 2. The number of fused-ring (bicyclic) bond motifs is 1. The number of non-ortho nitro benzene ring substituents is 1. The molecule has 0 amide bonds. The number of nitrogens with zero attached hydrogens (tertiary/aromatic N) is 4. The average molecular weight is 484 g/mol. The second-order valence-electron chi connectivity index (χ2n) is 7.55. The highest BCUT2D eigenvalue weighted by Crippen LogP contribution is 2.28. The zero-order valence-electron chi connectivity index (χ0n) is 19.3. The molecule has 4 aromatic rings. The fraction of sp³-hybridized carbons (Fsp3) is 0.0769. The monoisotopic (exact) mass is 484 g/mol. The van der Waals surface area contributed by atoms with E-state index in [1.54, 1.807) is 43.3 Å². The third kappa shape index (κ3) is 5.33. The maximum atomic E-state index is 12.8. The van der Waals surface area contributed by atoms with E-state index in [2.05, 4.69) is 10.1 Å². The lowest BCUT2D eigenvalue weighted by Crippen LogP contribution is -2.20. The molecule has 0 atom stereocenters. The molecule has 10 nitrogen and oxygen atoms in total. The molecule has 0 aliphatic rings. The van der Waals surface area contributed by atoms with Gasteiger partial charge in [0.05, 0.1) is 29.2 Å². The van der Waals surface area contributed by atoms with Crippen molar-refractivity contribution in [3.8, 4) is 11.5 Å². The van der Waals surface area contributed by atoms with Crippen LogP contribution in [0, 0.1) is 17.0 Å². The second-order valence-corrected chi connectivity index (χ2v) is 7.55. The first kappa shape index (κ1) is 24.0. The molecule has 0 spiro atoms. The van der Waals surface area contributed by atoms with E-state index in [1.165, 1.54) is 54.4 Å². The highest BCUT2D eigenvalue weighted by atomic mass is 16.6. The van der Waals surface area contributed by atoms with Gasteiger partial charge < -0.3 is 9.47 Å². The Hall–Kier alpha value is -5.12. The normalized spacial score (nSPS) is 11.3. The van der Waals surface area contributed by atoms with E-state index in [0.29, 0.717) is 27.9 Å². The number of aromatic nitrogens is 2. The smallest absolute Gasteiger partial charge is 0.336 e. The molecule has 1 heterocycles. The Balaban J connectivity index is 1.50. The van der Waals surface area contributed by atoms with Gasteiger partial charge in [-0.1, -0.05) is 12.1 Å². The van der Waals surface area contributed by atoms with Gasteiger partial charge in [0.15, 0.2) is 11.5 Å². The number of carbonyl (C=O) groups excluding carboxylic acids is 1. The van der Waals surface area contributed by atoms with Gasteiger partial charge in [0, 0.05) is 18.2 Å². The summed E-state index contributed by atoms with van der Waals surface area (Å²) in [5, 5.41) is 15.5. The lowest BCUT2D eigenvalue weighted by molar-refractivity contribution is -0.384. The van der Waals surface area contributed by atoms with Crippen LogP contribution in [0.2, 0.25) is 0 Å². The summed E-state index contributed by atoms with van der Waals surface area (Å²) < 4.78 is 11.9. The number of esters is 1. The van der Waals surface area contributed by atoms with E-state index in [1.807, 2.05) is 6.07 Å². The molecule has 4 rings (SSSR count). The predicted octanol–water partition coefficient (Wildman–Crippen LogP) is 4.12. The molecule has 36 heavy (non-hydrogen) atoms. The van der Waals surface area contributed by atoms with Crippen LogP contribution in [0.15, 0.2) is 82.7 Å². The lowest BCUT2D eigenvalue weighted by atomic mass is 10.2. The molecule has 0 saturated carbocycles. The van der Waals surface area contributed by atoms with Gasteiger partial charge in [-0.25, -0.2) is 9.78 Å². The van der Waals surface area contributed by atoms with Gasteiger partial charge in [0.2, 0.25) is 0 Å². The Morgan fingerprint density at radius 3 is 2.50 bits per heavy atom. The zero-order chi connectivity index (χ0) is 25.7. The number of hydrogen-bond acceptors (Lipinski definition) is 8. The molecule has 0 N–H and O–H groups in total. The van der Waals surface area contributed by atoms with E-state index < -0.39 is 10.9 Å². The van der Waals surface area contributed by atoms with Gasteiger partial charge in [-0.2, -0.15) is 9.78 Å². The number of hydrogen-bond donors (Lipinski definition) is 0. The molecule has 180 valence electrons. The van der Waals surface area contributed by atoms with Gasteiger partial charge in [0.1, 0.15) is 5.82 Å². The first-order chi connectivity index (χ1) is 17.4. The molecule has 0 saturated heterocycles. The number of rotatable bonds is 7. The minimum absolute atomic E-state index is 0.0417. The minimum Gasteiger partial charge on any atom is -0.493 e. The lowest BCUT2D eigenvalue weighted by Gasteiger charge is -2.09. The van der Waals surface area contributed by atoms with Gasteiger partial charge in [-0.3, -0.25) is 14.9 Å². The highest BCUT2D eigenvalue weighted by molar-refractivity contribution is 5.89. The average Bonchev–Trinajstić information content (AvgIpc) is 2.88.